The summed E-state index contributed by atoms with van der Waals surface area (Å²) in [5.41, 5.74) is 1.73. The third-order valence-corrected chi connectivity index (χ3v) is 3.62. The van der Waals surface area contributed by atoms with E-state index in [2.05, 4.69) is 20.6 Å². The normalized spacial score (nSPS) is 11.7. The van der Waals surface area contributed by atoms with E-state index in [4.69, 9.17) is 0 Å². The lowest BCUT2D eigenvalue weighted by Crippen LogP contribution is -2.46. The lowest BCUT2D eigenvalue weighted by atomic mass is 10.2. The van der Waals surface area contributed by atoms with Crippen molar-refractivity contribution in [3.63, 3.8) is 0 Å². The number of rotatable bonds is 5. The molecule has 2 amide bonds. The highest BCUT2D eigenvalue weighted by Gasteiger charge is 2.20. The molecule has 25 heavy (non-hydrogen) atoms. The van der Waals surface area contributed by atoms with E-state index in [1.165, 1.54) is 24.5 Å². The fraction of sp³-hybridized carbons (Fsp3) is 0.111. The molecule has 0 aliphatic rings. The fourth-order valence-electron chi connectivity index (χ4n) is 2.32. The third-order valence-electron chi connectivity index (χ3n) is 3.62. The van der Waals surface area contributed by atoms with Crippen LogP contribution in [-0.4, -0.2) is 39.5 Å². The van der Waals surface area contributed by atoms with Crippen molar-refractivity contribution in [2.24, 2.45) is 0 Å². The van der Waals surface area contributed by atoms with E-state index < -0.39 is 24.5 Å². The zero-order valence-corrected chi connectivity index (χ0v) is 13.2. The Morgan fingerprint density at radius 2 is 1.88 bits per heavy atom. The van der Waals surface area contributed by atoms with Crippen LogP contribution >= 0.6 is 0 Å². The Balaban J connectivity index is 1.70. The summed E-state index contributed by atoms with van der Waals surface area (Å²) in [6, 6.07) is 11.0. The average molecular weight is 336 g/mol. The van der Waals surface area contributed by atoms with Gasteiger partial charge in [0.25, 0.3) is 5.91 Å². The van der Waals surface area contributed by atoms with E-state index in [-0.39, 0.29) is 0 Å². The minimum atomic E-state index is -1.06. The van der Waals surface area contributed by atoms with E-state index >= 15 is 0 Å². The standard InChI is InChI=1S/C18H16N4O3/c23-11-16(22-17(24)12-5-8-19-9-6-12)18(25)21-14-3-4-15-13(10-14)2-1-7-20-15/h1-10,16,23H,11H2,(H,21,25)(H,22,24)/t16-/m0/s1. The Bertz CT molecular complexity index is 899. The maximum atomic E-state index is 12.3. The molecule has 0 saturated heterocycles. The molecule has 0 aliphatic heterocycles. The van der Waals surface area contributed by atoms with Gasteiger partial charge in [0.15, 0.2) is 0 Å². The van der Waals surface area contributed by atoms with E-state index in [0.717, 1.165) is 10.9 Å². The summed E-state index contributed by atoms with van der Waals surface area (Å²) in [7, 11) is 0. The number of aliphatic hydroxyl groups excluding tert-OH is 1. The van der Waals surface area contributed by atoms with E-state index in [1.54, 1.807) is 30.5 Å². The van der Waals surface area contributed by atoms with Crippen molar-refractivity contribution in [2.45, 2.75) is 6.04 Å². The number of anilines is 1. The Morgan fingerprint density at radius 3 is 2.64 bits per heavy atom. The molecule has 2 heterocycles. The molecule has 0 spiro atoms. The maximum Gasteiger partial charge on any atom is 0.252 e. The van der Waals surface area contributed by atoms with Gasteiger partial charge in [-0.05, 0) is 36.4 Å². The molecule has 0 fully saturated rings. The lowest BCUT2D eigenvalue weighted by molar-refractivity contribution is -0.118. The number of nitrogens with zero attached hydrogens (tertiary/aromatic N) is 2. The van der Waals surface area contributed by atoms with Crippen molar-refractivity contribution in [1.82, 2.24) is 15.3 Å². The Kier molecular flexibility index (Phi) is 4.96. The van der Waals surface area contributed by atoms with Gasteiger partial charge in [-0.2, -0.15) is 0 Å². The van der Waals surface area contributed by atoms with Gasteiger partial charge < -0.3 is 15.7 Å². The van der Waals surface area contributed by atoms with Crippen LogP contribution in [0.15, 0.2) is 61.1 Å². The van der Waals surface area contributed by atoms with Crippen LogP contribution in [-0.2, 0) is 4.79 Å². The molecular formula is C18H16N4O3. The second-order valence-electron chi connectivity index (χ2n) is 5.34. The number of aromatic nitrogens is 2. The van der Waals surface area contributed by atoms with Crippen LogP contribution in [0.2, 0.25) is 0 Å². The maximum absolute atomic E-state index is 12.3. The van der Waals surface area contributed by atoms with Gasteiger partial charge in [-0.1, -0.05) is 6.07 Å². The summed E-state index contributed by atoms with van der Waals surface area (Å²) in [5.74, 6) is -0.965. The first-order valence-corrected chi connectivity index (χ1v) is 7.65. The summed E-state index contributed by atoms with van der Waals surface area (Å²) in [5, 5.41) is 15.5. The fourth-order valence-corrected chi connectivity index (χ4v) is 2.32. The number of benzene rings is 1. The van der Waals surface area contributed by atoms with Gasteiger partial charge in [0.05, 0.1) is 12.1 Å². The zero-order chi connectivity index (χ0) is 17.6. The number of amides is 2. The first-order valence-electron chi connectivity index (χ1n) is 7.65. The molecule has 3 rings (SSSR count). The molecular weight excluding hydrogens is 320 g/mol. The molecule has 0 unspecified atom stereocenters. The highest BCUT2D eigenvalue weighted by Crippen LogP contribution is 2.17. The molecule has 0 radical (unpaired) electrons. The average Bonchev–Trinajstić information content (AvgIpc) is 2.66. The van der Waals surface area contributed by atoms with Crippen LogP contribution in [0.1, 0.15) is 10.4 Å². The predicted molar refractivity (Wildman–Crippen MR) is 92.9 cm³/mol. The number of pyridine rings is 2. The highest BCUT2D eigenvalue weighted by molar-refractivity contribution is 6.01. The largest absolute Gasteiger partial charge is 0.394 e. The molecule has 126 valence electrons. The predicted octanol–water partition coefficient (Wildman–Crippen LogP) is 1.36. The summed E-state index contributed by atoms with van der Waals surface area (Å²) in [4.78, 5) is 32.5. The van der Waals surface area contributed by atoms with Gasteiger partial charge in [0, 0.05) is 35.2 Å². The third kappa shape index (κ3) is 3.96. The number of hydrogen-bond donors (Lipinski definition) is 3. The van der Waals surface area contributed by atoms with Crippen molar-refractivity contribution in [1.29, 1.82) is 0 Å². The number of aliphatic hydroxyl groups is 1. The quantitative estimate of drug-likeness (QED) is 0.652. The van der Waals surface area contributed by atoms with Crippen LogP contribution in [0.5, 0.6) is 0 Å². The zero-order valence-electron chi connectivity index (χ0n) is 13.2. The van der Waals surface area contributed by atoms with Gasteiger partial charge in [-0.25, -0.2) is 0 Å². The lowest BCUT2D eigenvalue weighted by Gasteiger charge is -2.16. The van der Waals surface area contributed by atoms with Gasteiger partial charge in [0.2, 0.25) is 5.91 Å². The molecule has 7 heteroatoms. The molecule has 3 aromatic rings. The van der Waals surface area contributed by atoms with Gasteiger partial charge >= 0.3 is 0 Å². The van der Waals surface area contributed by atoms with Crippen molar-refractivity contribution >= 4 is 28.4 Å². The van der Waals surface area contributed by atoms with E-state index in [9.17, 15) is 14.7 Å². The SMILES string of the molecule is O=C(N[C@@H](CO)C(=O)Nc1ccc2ncccc2c1)c1ccncc1. The van der Waals surface area contributed by atoms with E-state index in [1.807, 2.05) is 6.07 Å². The van der Waals surface area contributed by atoms with E-state index in [0.29, 0.717) is 11.3 Å². The van der Waals surface area contributed by atoms with Crippen LogP contribution < -0.4 is 10.6 Å². The summed E-state index contributed by atoms with van der Waals surface area (Å²) in [6.45, 7) is -0.516. The van der Waals surface area contributed by atoms with Crippen LogP contribution in [0.25, 0.3) is 10.9 Å². The Hall–Kier alpha value is -3.32. The topological polar surface area (TPSA) is 104 Å². The smallest absolute Gasteiger partial charge is 0.252 e. The van der Waals surface area contributed by atoms with Gasteiger partial charge in [-0.3, -0.25) is 19.6 Å². The summed E-state index contributed by atoms with van der Waals surface area (Å²) in [6.07, 6.45) is 4.65. The number of nitrogens with one attached hydrogen (secondary N) is 2. The monoisotopic (exact) mass is 336 g/mol. The molecule has 2 aromatic heterocycles. The number of hydrogen-bond acceptors (Lipinski definition) is 5. The number of fused-ring (bicyclic) bond motifs is 1. The number of carbonyl (C=O) groups is 2. The van der Waals surface area contributed by atoms with Gasteiger partial charge in [-0.15, -0.1) is 0 Å². The minimum absolute atomic E-state index is 0.359. The summed E-state index contributed by atoms with van der Waals surface area (Å²) >= 11 is 0. The highest BCUT2D eigenvalue weighted by atomic mass is 16.3. The Labute approximate surface area is 143 Å². The minimum Gasteiger partial charge on any atom is -0.394 e. The Morgan fingerprint density at radius 1 is 1.08 bits per heavy atom. The molecule has 0 bridgehead atoms. The van der Waals surface area contributed by atoms with Crippen LogP contribution in [0.4, 0.5) is 5.69 Å². The molecule has 0 aliphatic carbocycles. The van der Waals surface area contributed by atoms with Crippen molar-refractivity contribution < 1.29 is 14.7 Å². The van der Waals surface area contributed by atoms with Crippen molar-refractivity contribution in [2.75, 3.05) is 11.9 Å². The first-order chi connectivity index (χ1) is 12.2. The molecule has 1 aromatic carbocycles. The second-order valence-corrected chi connectivity index (χ2v) is 5.34. The second kappa shape index (κ2) is 7.50. The van der Waals surface area contributed by atoms with Crippen LogP contribution in [0.3, 0.4) is 0 Å². The first kappa shape index (κ1) is 16.5. The summed E-state index contributed by atoms with van der Waals surface area (Å²) < 4.78 is 0. The molecule has 3 N–H and O–H groups in total. The van der Waals surface area contributed by atoms with Crippen molar-refractivity contribution in [3.8, 4) is 0 Å². The number of carbonyl (C=O) groups excluding carboxylic acids is 2. The molecule has 0 saturated carbocycles. The molecule has 1 atom stereocenters. The van der Waals surface area contributed by atoms with Gasteiger partial charge in [0.1, 0.15) is 6.04 Å². The van der Waals surface area contributed by atoms with Crippen molar-refractivity contribution in [3.05, 3.63) is 66.6 Å². The van der Waals surface area contributed by atoms with Crippen LogP contribution in [0, 0.1) is 0 Å². The molecule has 7 nitrogen and oxygen atoms in total.